The third-order valence-electron chi connectivity index (χ3n) is 2.54. The predicted octanol–water partition coefficient (Wildman–Crippen LogP) is 2.16. The number of nitriles is 2. The van der Waals surface area contributed by atoms with E-state index in [9.17, 15) is 4.79 Å². The largest absolute Gasteiger partial charge is 0.344 e. The number of amides is 1. The van der Waals surface area contributed by atoms with Crippen molar-refractivity contribution in [2.75, 3.05) is 19.3 Å². The van der Waals surface area contributed by atoms with E-state index >= 15 is 0 Å². The van der Waals surface area contributed by atoms with Crippen molar-refractivity contribution in [2.24, 2.45) is 0 Å². The first-order valence-electron chi connectivity index (χ1n) is 5.85. The average Bonchev–Trinajstić information content (AvgIpc) is 2.44. The summed E-state index contributed by atoms with van der Waals surface area (Å²) in [4.78, 5) is 13.3. The predicted molar refractivity (Wildman–Crippen MR) is 75.2 cm³/mol. The quantitative estimate of drug-likeness (QED) is 0.796. The van der Waals surface area contributed by atoms with Gasteiger partial charge in [-0.3, -0.25) is 4.79 Å². The first kappa shape index (κ1) is 15.1. The molecule has 0 aliphatic carbocycles. The average molecular weight is 273 g/mol. The van der Waals surface area contributed by atoms with E-state index in [-0.39, 0.29) is 5.91 Å². The molecule has 0 aliphatic rings. The molecule has 0 bridgehead atoms. The molecule has 0 spiro atoms. The second kappa shape index (κ2) is 8.18. The Kier molecular flexibility index (Phi) is 6.49. The van der Waals surface area contributed by atoms with Crippen LogP contribution >= 0.6 is 11.8 Å². The number of carbonyl (C=O) groups excluding carboxylic acids is 1. The van der Waals surface area contributed by atoms with Crippen LogP contribution in [0.1, 0.15) is 17.5 Å². The van der Waals surface area contributed by atoms with Gasteiger partial charge in [0.25, 0.3) is 0 Å². The van der Waals surface area contributed by atoms with Crippen LogP contribution in [0.4, 0.5) is 0 Å². The molecule has 1 amide bonds. The Hall–Kier alpha value is -1.98. The lowest BCUT2D eigenvalue weighted by atomic mass is 10.2. The standard InChI is InChI=1S/C14H15N3OS/c1-17(7-3-6-15)14(18)11-19-10-13-5-2-4-12(8-13)9-16/h2,4-5,8H,3,7,10-11H2,1H3. The zero-order valence-corrected chi connectivity index (χ0v) is 11.6. The maximum absolute atomic E-state index is 11.7. The first-order chi connectivity index (χ1) is 9.17. The zero-order valence-electron chi connectivity index (χ0n) is 10.8. The van der Waals surface area contributed by atoms with Crippen LogP contribution < -0.4 is 0 Å². The van der Waals surface area contributed by atoms with Crippen molar-refractivity contribution >= 4 is 17.7 Å². The van der Waals surface area contributed by atoms with Gasteiger partial charge in [0, 0.05) is 19.3 Å². The van der Waals surface area contributed by atoms with Crippen LogP contribution in [-0.4, -0.2) is 30.2 Å². The van der Waals surface area contributed by atoms with E-state index in [4.69, 9.17) is 10.5 Å². The summed E-state index contributed by atoms with van der Waals surface area (Å²) in [5.41, 5.74) is 1.67. The van der Waals surface area contributed by atoms with Gasteiger partial charge in [0.2, 0.25) is 5.91 Å². The van der Waals surface area contributed by atoms with Crippen molar-refractivity contribution in [3.63, 3.8) is 0 Å². The van der Waals surface area contributed by atoms with Gasteiger partial charge >= 0.3 is 0 Å². The second-order valence-corrected chi connectivity index (χ2v) is 5.01. The van der Waals surface area contributed by atoms with Gasteiger partial charge < -0.3 is 4.90 Å². The topological polar surface area (TPSA) is 67.9 Å². The van der Waals surface area contributed by atoms with Gasteiger partial charge in [0.15, 0.2) is 0 Å². The fourth-order valence-corrected chi connectivity index (χ4v) is 2.35. The molecule has 0 radical (unpaired) electrons. The molecule has 0 aliphatic heterocycles. The molecule has 5 heteroatoms. The summed E-state index contributed by atoms with van der Waals surface area (Å²) >= 11 is 1.51. The summed E-state index contributed by atoms with van der Waals surface area (Å²) in [5, 5.41) is 17.2. The van der Waals surface area contributed by atoms with Crippen molar-refractivity contribution in [1.82, 2.24) is 4.90 Å². The van der Waals surface area contributed by atoms with Crippen LogP contribution in [0.5, 0.6) is 0 Å². The summed E-state index contributed by atoms with van der Waals surface area (Å²) in [5.74, 6) is 1.11. The summed E-state index contributed by atoms with van der Waals surface area (Å²) in [6.07, 6.45) is 0.358. The lowest BCUT2D eigenvalue weighted by Gasteiger charge is -2.14. The van der Waals surface area contributed by atoms with E-state index in [1.165, 1.54) is 11.8 Å². The molecule has 0 atom stereocenters. The smallest absolute Gasteiger partial charge is 0.232 e. The molecule has 1 rings (SSSR count). The van der Waals surface area contributed by atoms with Crippen molar-refractivity contribution < 1.29 is 4.79 Å². The maximum Gasteiger partial charge on any atom is 0.232 e. The molecule has 0 unspecified atom stereocenters. The molecule has 0 fully saturated rings. The van der Waals surface area contributed by atoms with E-state index in [0.717, 1.165) is 5.56 Å². The monoisotopic (exact) mass is 273 g/mol. The fraction of sp³-hybridized carbons (Fsp3) is 0.357. The van der Waals surface area contributed by atoms with Gasteiger partial charge in [-0.25, -0.2) is 0 Å². The number of nitrogens with zero attached hydrogens (tertiary/aromatic N) is 3. The number of hydrogen-bond donors (Lipinski definition) is 0. The molecule has 98 valence electrons. The lowest BCUT2D eigenvalue weighted by molar-refractivity contribution is -0.127. The maximum atomic E-state index is 11.7. The van der Waals surface area contributed by atoms with Crippen molar-refractivity contribution in [1.29, 1.82) is 10.5 Å². The number of rotatable bonds is 6. The van der Waals surface area contributed by atoms with E-state index in [0.29, 0.717) is 30.0 Å². The van der Waals surface area contributed by atoms with Crippen LogP contribution in [0.15, 0.2) is 24.3 Å². The summed E-state index contributed by atoms with van der Waals surface area (Å²) in [6.45, 7) is 0.472. The second-order valence-electron chi connectivity index (χ2n) is 4.03. The highest BCUT2D eigenvalue weighted by molar-refractivity contribution is 7.99. The molecular weight excluding hydrogens is 258 g/mol. The number of benzene rings is 1. The Labute approximate surface area is 117 Å². The highest BCUT2D eigenvalue weighted by Crippen LogP contribution is 2.14. The van der Waals surface area contributed by atoms with Crippen LogP contribution in [0, 0.1) is 22.7 Å². The molecule has 0 saturated carbocycles. The van der Waals surface area contributed by atoms with Crippen LogP contribution in [-0.2, 0) is 10.5 Å². The SMILES string of the molecule is CN(CCC#N)C(=O)CSCc1cccc(C#N)c1. The van der Waals surface area contributed by atoms with Gasteiger partial charge in [-0.2, -0.15) is 10.5 Å². The molecular formula is C14H15N3OS. The van der Waals surface area contributed by atoms with Gasteiger partial charge in [-0.1, -0.05) is 12.1 Å². The fourth-order valence-electron chi connectivity index (χ4n) is 1.44. The molecule has 1 aromatic rings. The van der Waals surface area contributed by atoms with E-state index in [2.05, 4.69) is 6.07 Å². The Bertz CT molecular complexity index is 516. The van der Waals surface area contributed by atoms with Gasteiger partial charge in [0.05, 0.1) is 29.9 Å². The lowest BCUT2D eigenvalue weighted by Crippen LogP contribution is -2.29. The minimum Gasteiger partial charge on any atom is -0.344 e. The third-order valence-corrected chi connectivity index (χ3v) is 3.52. The van der Waals surface area contributed by atoms with Gasteiger partial charge in [0.1, 0.15) is 0 Å². The minimum absolute atomic E-state index is 0.0247. The highest BCUT2D eigenvalue weighted by atomic mass is 32.2. The normalized spacial score (nSPS) is 9.42. The molecule has 0 N–H and O–H groups in total. The molecule has 0 heterocycles. The number of thioether (sulfide) groups is 1. The van der Waals surface area contributed by atoms with Crippen LogP contribution in [0.25, 0.3) is 0 Å². The minimum atomic E-state index is 0.0247. The van der Waals surface area contributed by atoms with Crippen LogP contribution in [0.3, 0.4) is 0 Å². The third kappa shape index (κ3) is 5.46. The summed E-state index contributed by atoms with van der Waals surface area (Å²) in [7, 11) is 1.70. The van der Waals surface area contributed by atoms with Crippen molar-refractivity contribution in [3.05, 3.63) is 35.4 Å². The summed E-state index contributed by atoms with van der Waals surface area (Å²) < 4.78 is 0. The van der Waals surface area contributed by atoms with Gasteiger partial charge in [-0.05, 0) is 17.7 Å². The first-order valence-corrected chi connectivity index (χ1v) is 7.00. The van der Waals surface area contributed by atoms with Crippen molar-refractivity contribution in [3.8, 4) is 12.1 Å². The molecule has 1 aromatic carbocycles. The summed E-state index contributed by atoms with van der Waals surface area (Å²) in [6, 6.07) is 11.5. The molecule has 0 saturated heterocycles. The molecule has 4 nitrogen and oxygen atoms in total. The Balaban J connectivity index is 2.36. The Morgan fingerprint density at radius 2 is 2.21 bits per heavy atom. The Morgan fingerprint density at radius 1 is 1.42 bits per heavy atom. The molecule has 0 aromatic heterocycles. The number of carbonyl (C=O) groups is 1. The molecule has 19 heavy (non-hydrogen) atoms. The van der Waals surface area contributed by atoms with Crippen molar-refractivity contribution in [2.45, 2.75) is 12.2 Å². The van der Waals surface area contributed by atoms with Crippen LogP contribution in [0.2, 0.25) is 0 Å². The number of hydrogen-bond acceptors (Lipinski definition) is 4. The van der Waals surface area contributed by atoms with E-state index in [1.807, 2.05) is 24.3 Å². The van der Waals surface area contributed by atoms with E-state index < -0.39 is 0 Å². The highest BCUT2D eigenvalue weighted by Gasteiger charge is 2.08. The van der Waals surface area contributed by atoms with E-state index in [1.54, 1.807) is 18.0 Å². The zero-order chi connectivity index (χ0) is 14.1. The van der Waals surface area contributed by atoms with Gasteiger partial charge in [-0.15, -0.1) is 11.8 Å². The Morgan fingerprint density at radius 3 is 2.89 bits per heavy atom.